The third-order valence-corrected chi connectivity index (χ3v) is 5.65. The van der Waals surface area contributed by atoms with Crippen LogP contribution in [0.1, 0.15) is 38.8 Å². The molecule has 0 radical (unpaired) electrons. The molecular formula is C23H28O4. The van der Waals surface area contributed by atoms with Gasteiger partial charge < -0.3 is 18.9 Å². The van der Waals surface area contributed by atoms with E-state index in [-0.39, 0.29) is 17.6 Å². The Balaban J connectivity index is 1.37. The van der Waals surface area contributed by atoms with E-state index >= 15 is 0 Å². The highest BCUT2D eigenvalue weighted by Gasteiger charge is 2.35. The lowest BCUT2D eigenvalue weighted by Crippen LogP contribution is -2.18. The molecule has 2 aliphatic rings. The molecule has 4 unspecified atom stereocenters. The maximum Gasteiger partial charge on any atom is 0.119 e. The molecule has 0 aromatic heterocycles. The summed E-state index contributed by atoms with van der Waals surface area (Å²) in [7, 11) is 0. The van der Waals surface area contributed by atoms with Gasteiger partial charge in [-0.1, -0.05) is 38.1 Å². The first-order valence-electron chi connectivity index (χ1n) is 9.71. The van der Waals surface area contributed by atoms with E-state index in [1.54, 1.807) is 0 Å². The van der Waals surface area contributed by atoms with Gasteiger partial charge in [0.25, 0.3) is 0 Å². The van der Waals surface area contributed by atoms with Gasteiger partial charge in [0.2, 0.25) is 0 Å². The van der Waals surface area contributed by atoms with Crippen LogP contribution in [0.2, 0.25) is 0 Å². The molecule has 4 rings (SSSR count). The molecule has 144 valence electrons. The van der Waals surface area contributed by atoms with Gasteiger partial charge in [0.1, 0.15) is 36.9 Å². The molecule has 4 nitrogen and oxygen atoms in total. The van der Waals surface area contributed by atoms with Crippen LogP contribution in [-0.2, 0) is 14.9 Å². The smallest absolute Gasteiger partial charge is 0.119 e. The van der Waals surface area contributed by atoms with Crippen LogP contribution in [0.5, 0.6) is 11.5 Å². The van der Waals surface area contributed by atoms with Crippen molar-refractivity contribution in [2.24, 2.45) is 0 Å². The Morgan fingerprint density at radius 1 is 0.704 bits per heavy atom. The van der Waals surface area contributed by atoms with Gasteiger partial charge in [-0.2, -0.15) is 0 Å². The Kier molecular flexibility index (Phi) is 4.87. The molecule has 0 aliphatic carbocycles. The lowest BCUT2D eigenvalue weighted by molar-refractivity contribution is 0.260. The number of hydrogen-bond donors (Lipinski definition) is 0. The highest BCUT2D eigenvalue weighted by molar-refractivity contribution is 5.41. The summed E-state index contributed by atoms with van der Waals surface area (Å²) in [4.78, 5) is 0. The van der Waals surface area contributed by atoms with Crippen LogP contribution in [0.4, 0.5) is 0 Å². The predicted molar refractivity (Wildman–Crippen MR) is 105 cm³/mol. The van der Waals surface area contributed by atoms with E-state index in [1.165, 1.54) is 11.1 Å². The summed E-state index contributed by atoms with van der Waals surface area (Å²) < 4.78 is 22.4. The van der Waals surface area contributed by atoms with E-state index in [0.29, 0.717) is 25.4 Å². The lowest BCUT2D eigenvalue weighted by Gasteiger charge is -2.26. The highest BCUT2D eigenvalue weighted by Crippen LogP contribution is 2.34. The van der Waals surface area contributed by atoms with Gasteiger partial charge in [0.05, 0.1) is 12.2 Å². The normalized spacial score (nSPS) is 26.5. The van der Waals surface area contributed by atoms with Gasteiger partial charge in [-0.25, -0.2) is 0 Å². The first kappa shape index (κ1) is 18.3. The summed E-state index contributed by atoms with van der Waals surface area (Å²) >= 11 is 0. The van der Waals surface area contributed by atoms with Crippen LogP contribution < -0.4 is 9.47 Å². The van der Waals surface area contributed by atoms with E-state index in [4.69, 9.17) is 18.9 Å². The largest absolute Gasteiger partial charge is 0.491 e. The number of hydrogen-bond acceptors (Lipinski definition) is 4. The third-order valence-electron chi connectivity index (χ3n) is 5.65. The summed E-state index contributed by atoms with van der Waals surface area (Å²) in [5.74, 6) is 1.77. The van der Waals surface area contributed by atoms with Crippen LogP contribution in [0, 0.1) is 0 Å². The van der Waals surface area contributed by atoms with E-state index in [0.717, 1.165) is 11.5 Å². The zero-order valence-electron chi connectivity index (χ0n) is 16.5. The minimum atomic E-state index is -0.0979. The van der Waals surface area contributed by atoms with Crippen molar-refractivity contribution in [3.63, 3.8) is 0 Å². The van der Waals surface area contributed by atoms with Crippen LogP contribution in [0.3, 0.4) is 0 Å². The molecule has 2 aromatic carbocycles. The van der Waals surface area contributed by atoms with E-state index in [9.17, 15) is 0 Å². The van der Waals surface area contributed by atoms with Crippen molar-refractivity contribution in [3.05, 3.63) is 59.7 Å². The minimum absolute atomic E-state index is 0.0979. The Bertz CT molecular complexity index is 700. The van der Waals surface area contributed by atoms with Gasteiger partial charge in [0, 0.05) is 5.41 Å². The minimum Gasteiger partial charge on any atom is -0.491 e. The predicted octanol–water partition coefficient (Wildman–Crippen LogP) is 4.34. The molecule has 2 fully saturated rings. The Morgan fingerprint density at radius 2 is 1.04 bits per heavy atom. The van der Waals surface area contributed by atoms with Crippen molar-refractivity contribution < 1.29 is 18.9 Å². The monoisotopic (exact) mass is 368 g/mol. The van der Waals surface area contributed by atoms with Crippen molar-refractivity contribution in [2.75, 3.05) is 13.2 Å². The zero-order chi connectivity index (χ0) is 19.0. The fraction of sp³-hybridized carbons (Fsp3) is 0.478. The molecule has 4 atom stereocenters. The highest BCUT2D eigenvalue weighted by atomic mass is 16.6. The third kappa shape index (κ3) is 4.28. The second-order valence-corrected chi connectivity index (χ2v) is 8.06. The number of ether oxygens (including phenoxy) is 4. The van der Waals surface area contributed by atoms with Crippen LogP contribution in [0.25, 0.3) is 0 Å². The SMILES string of the molecule is CC1OC1COc1ccc(C(C)(C)c2ccc(OCC3OC3C)cc2)cc1. The number of epoxide rings is 2. The van der Waals surface area contributed by atoms with Crippen molar-refractivity contribution in [1.82, 2.24) is 0 Å². The molecule has 2 heterocycles. The summed E-state index contributed by atoms with van der Waals surface area (Å²) in [5, 5.41) is 0. The quantitative estimate of drug-likeness (QED) is 0.650. The van der Waals surface area contributed by atoms with Gasteiger partial charge in [-0.05, 0) is 49.2 Å². The maximum absolute atomic E-state index is 5.80. The molecule has 2 aliphatic heterocycles. The molecular weight excluding hydrogens is 340 g/mol. The topological polar surface area (TPSA) is 43.5 Å². The molecule has 0 spiro atoms. The summed E-state index contributed by atoms with van der Waals surface area (Å²) in [6.45, 7) is 9.84. The average molecular weight is 368 g/mol. The first-order valence-corrected chi connectivity index (χ1v) is 9.71. The Morgan fingerprint density at radius 3 is 1.33 bits per heavy atom. The molecule has 0 N–H and O–H groups in total. The molecule has 27 heavy (non-hydrogen) atoms. The molecule has 0 amide bonds. The maximum atomic E-state index is 5.80. The second kappa shape index (κ2) is 7.17. The number of rotatable bonds is 8. The van der Waals surface area contributed by atoms with Crippen LogP contribution >= 0.6 is 0 Å². The average Bonchev–Trinajstić information content (AvgIpc) is 3.57. The summed E-state index contributed by atoms with van der Waals surface area (Å²) in [6, 6.07) is 16.7. The van der Waals surface area contributed by atoms with Crippen molar-refractivity contribution in [3.8, 4) is 11.5 Å². The van der Waals surface area contributed by atoms with Crippen molar-refractivity contribution >= 4 is 0 Å². The molecule has 0 saturated carbocycles. The fourth-order valence-corrected chi connectivity index (χ4v) is 3.27. The van der Waals surface area contributed by atoms with Gasteiger partial charge >= 0.3 is 0 Å². The summed E-state index contributed by atoms with van der Waals surface area (Å²) in [6.07, 6.45) is 1.15. The van der Waals surface area contributed by atoms with Gasteiger partial charge in [-0.15, -0.1) is 0 Å². The number of benzene rings is 2. The lowest BCUT2D eigenvalue weighted by atomic mass is 9.78. The van der Waals surface area contributed by atoms with E-state index in [2.05, 4.69) is 52.0 Å². The standard InChI is InChI=1S/C23H28O4/c1-15-21(26-15)13-24-19-9-5-17(6-10-19)23(3,4)18-7-11-20(12-8-18)25-14-22-16(2)27-22/h5-12,15-16,21-22H,13-14H2,1-4H3. The fourth-order valence-electron chi connectivity index (χ4n) is 3.27. The van der Waals surface area contributed by atoms with Crippen molar-refractivity contribution in [2.45, 2.75) is 57.5 Å². The molecule has 0 bridgehead atoms. The van der Waals surface area contributed by atoms with Crippen molar-refractivity contribution in [1.29, 1.82) is 0 Å². The van der Waals surface area contributed by atoms with Gasteiger partial charge in [-0.3, -0.25) is 0 Å². The molecule has 2 aromatic rings. The first-order chi connectivity index (χ1) is 12.9. The van der Waals surface area contributed by atoms with Gasteiger partial charge in [0.15, 0.2) is 0 Å². The van der Waals surface area contributed by atoms with Crippen LogP contribution in [0.15, 0.2) is 48.5 Å². The molecule has 4 heteroatoms. The zero-order valence-corrected chi connectivity index (χ0v) is 16.5. The second-order valence-electron chi connectivity index (χ2n) is 8.06. The summed E-state index contributed by atoms with van der Waals surface area (Å²) in [5.41, 5.74) is 2.40. The van der Waals surface area contributed by atoms with E-state index in [1.807, 2.05) is 24.3 Å². The molecule has 2 saturated heterocycles. The van der Waals surface area contributed by atoms with Crippen LogP contribution in [-0.4, -0.2) is 37.6 Å². The Hall–Kier alpha value is -2.04. The Labute approximate surface area is 161 Å². The van der Waals surface area contributed by atoms with E-state index < -0.39 is 0 Å².